The molecule has 2 aromatic rings. The van der Waals surface area contributed by atoms with Crippen molar-refractivity contribution in [2.45, 2.75) is 13.5 Å². The normalized spacial score (nSPS) is 10.3. The predicted octanol–water partition coefficient (Wildman–Crippen LogP) is 1.82. The van der Waals surface area contributed by atoms with Crippen LogP contribution in [0.3, 0.4) is 0 Å². The van der Waals surface area contributed by atoms with E-state index in [2.05, 4.69) is 10.4 Å². The highest BCUT2D eigenvalue weighted by molar-refractivity contribution is 6.32. The van der Waals surface area contributed by atoms with Gasteiger partial charge in [0.25, 0.3) is 17.5 Å². The highest BCUT2D eigenvalue weighted by Gasteiger charge is 2.19. The van der Waals surface area contributed by atoms with Crippen molar-refractivity contribution in [3.05, 3.63) is 50.8 Å². The Morgan fingerprint density at radius 1 is 1.48 bits per heavy atom. The Kier molecular flexibility index (Phi) is 4.60. The van der Waals surface area contributed by atoms with Crippen LogP contribution in [0.15, 0.2) is 24.4 Å². The molecular weight excluding hydrogens is 326 g/mol. The van der Waals surface area contributed by atoms with Crippen LogP contribution in [0.4, 0.5) is 11.4 Å². The number of rotatable bonds is 5. The second-order valence-electron chi connectivity index (χ2n) is 4.49. The second-order valence-corrected chi connectivity index (χ2v) is 4.90. The van der Waals surface area contributed by atoms with Crippen LogP contribution >= 0.6 is 11.6 Å². The van der Waals surface area contributed by atoms with Crippen LogP contribution in [-0.4, -0.2) is 26.5 Å². The van der Waals surface area contributed by atoms with E-state index < -0.39 is 22.4 Å². The molecule has 2 amide bonds. The Balaban J connectivity index is 2.33. The van der Waals surface area contributed by atoms with Gasteiger partial charge >= 0.3 is 0 Å². The van der Waals surface area contributed by atoms with Gasteiger partial charge in [0.05, 0.1) is 10.6 Å². The van der Waals surface area contributed by atoms with Gasteiger partial charge in [-0.1, -0.05) is 11.6 Å². The van der Waals surface area contributed by atoms with Gasteiger partial charge < -0.3 is 11.1 Å². The molecule has 0 atom stereocenters. The molecule has 1 aromatic heterocycles. The van der Waals surface area contributed by atoms with E-state index in [1.807, 2.05) is 0 Å². The molecule has 0 unspecified atom stereocenters. The number of primary amides is 1. The fraction of sp³-hybridized carbons (Fsp3) is 0.154. The molecule has 2 rings (SSSR count). The van der Waals surface area contributed by atoms with Crippen LogP contribution in [0.1, 0.15) is 27.8 Å². The number of nitrogens with zero attached hydrogens (tertiary/aromatic N) is 3. The molecular formula is C13H12ClN5O4. The van der Waals surface area contributed by atoms with Gasteiger partial charge in [-0.05, 0) is 19.1 Å². The van der Waals surface area contributed by atoms with E-state index in [0.717, 1.165) is 6.07 Å². The molecule has 1 aromatic carbocycles. The van der Waals surface area contributed by atoms with Gasteiger partial charge in [0.15, 0.2) is 5.69 Å². The van der Waals surface area contributed by atoms with E-state index in [-0.39, 0.29) is 22.0 Å². The monoisotopic (exact) mass is 337 g/mol. The zero-order valence-electron chi connectivity index (χ0n) is 11.9. The Morgan fingerprint density at radius 3 is 2.74 bits per heavy atom. The number of hydrogen-bond acceptors (Lipinski definition) is 5. The first-order valence-electron chi connectivity index (χ1n) is 6.46. The molecule has 0 aliphatic heterocycles. The van der Waals surface area contributed by atoms with Gasteiger partial charge in [0.1, 0.15) is 5.02 Å². The van der Waals surface area contributed by atoms with Crippen molar-refractivity contribution in [2.24, 2.45) is 5.73 Å². The Bertz CT molecular complexity index is 802. The first-order valence-corrected chi connectivity index (χ1v) is 6.83. The lowest BCUT2D eigenvalue weighted by molar-refractivity contribution is -0.384. The summed E-state index contributed by atoms with van der Waals surface area (Å²) in [5.41, 5.74) is 4.87. The van der Waals surface area contributed by atoms with Gasteiger partial charge in [-0.25, -0.2) is 0 Å². The molecule has 0 spiro atoms. The summed E-state index contributed by atoms with van der Waals surface area (Å²) in [5.74, 6) is -1.45. The molecule has 0 aliphatic rings. The van der Waals surface area contributed by atoms with Gasteiger partial charge in [-0.3, -0.25) is 24.4 Å². The van der Waals surface area contributed by atoms with Crippen molar-refractivity contribution in [1.82, 2.24) is 9.78 Å². The number of halogens is 1. The average molecular weight is 338 g/mol. The van der Waals surface area contributed by atoms with Crippen LogP contribution in [0.2, 0.25) is 5.02 Å². The van der Waals surface area contributed by atoms with Gasteiger partial charge in [0, 0.05) is 24.4 Å². The predicted molar refractivity (Wildman–Crippen MR) is 82.5 cm³/mol. The zero-order chi connectivity index (χ0) is 17.1. The summed E-state index contributed by atoms with van der Waals surface area (Å²) in [5, 5.41) is 17.2. The van der Waals surface area contributed by atoms with E-state index in [9.17, 15) is 19.7 Å². The summed E-state index contributed by atoms with van der Waals surface area (Å²) in [6, 6.07) is 3.63. The summed E-state index contributed by atoms with van der Waals surface area (Å²) in [4.78, 5) is 33.7. The Morgan fingerprint density at radius 2 is 2.17 bits per heavy atom. The number of amides is 2. The fourth-order valence-corrected chi connectivity index (χ4v) is 2.03. The summed E-state index contributed by atoms with van der Waals surface area (Å²) in [6.45, 7) is 2.27. The molecule has 9 nitrogen and oxygen atoms in total. The minimum Gasteiger partial charge on any atom is -0.364 e. The topological polar surface area (TPSA) is 133 Å². The van der Waals surface area contributed by atoms with Crippen molar-refractivity contribution < 1.29 is 14.5 Å². The lowest BCUT2D eigenvalue weighted by atomic mass is 10.2. The molecule has 3 N–H and O–H groups in total. The fourth-order valence-electron chi connectivity index (χ4n) is 1.85. The molecule has 120 valence electrons. The number of hydrogen-bond donors (Lipinski definition) is 2. The van der Waals surface area contributed by atoms with Crippen LogP contribution < -0.4 is 11.1 Å². The lowest BCUT2D eigenvalue weighted by Crippen LogP contribution is -2.18. The number of nitrogens with one attached hydrogen (secondary N) is 1. The van der Waals surface area contributed by atoms with E-state index in [4.69, 9.17) is 17.3 Å². The average Bonchev–Trinajstić information content (AvgIpc) is 2.90. The molecule has 0 radical (unpaired) electrons. The number of anilines is 1. The summed E-state index contributed by atoms with van der Waals surface area (Å²) in [6.07, 6.45) is 1.45. The van der Waals surface area contributed by atoms with Crippen molar-refractivity contribution in [3.8, 4) is 0 Å². The molecule has 23 heavy (non-hydrogen) atoms. The standard InChI is InChI=1S/C13H12ClN5O4/c1-2-18-6-9(11(17-18)12(15)20)16-13(21)7-3-4-8(14)10(5-7)19(22)23/h3-6H,2H2,1H3,(H2,15,20)(H,16,21). The summed E-state index contributed by atoms with van der Waals surface area (Å²) in [7, 11) is 0. The number of carbonyl (C=O) groups excluding carboxylic acids is 2. The minimum absolute atomic E-state index is 0.0146. The third kappa shape index (κ3) is 3.46. The quantitative estimate of drug-likeness (QED) is 0.634. The van der Waals surface area contributed by atoms with Gasteiger partial charge in [-0.15, -0.1) is 0 Å². The molecule has 0 fully saturated rings. The number of nitrogens with two attached hydrogens (primary N) is 1. The SMILES string of the molecule is CCn1cc(NC(=O)c2ccc(Cl)c([N+](=O)[O-])c2)c(C(N)=O)n1. The van der Waals surface area contributed by atoms with Gasteiger partial charge in [-0.2, -0.15) is 5.10 Å². The van der Waals surface area contributed by atoms with Crippen molar-refractivity contribution >= 4 is 34.8 Å². The third-order valence-corrected chi connectivity index (χ3v) is 3.29. The number of carbonyl (C=O) groups is 2. The number of benzene rings is 1. The van der Waals surface area contributed by atoms with Crippen LogP contribution in [0.25, 0.3) is 0 Å². The number of aromatic nitrogens is 2. The van der Waals surface area contributed by atoms with E-state index >= 15 is 0 Å². The first-order chi connectivity index (χ1) is 10.8. The molecule has 0 bridgehead atoms. The highest BCUT2D eigenvalue weighted by Crippen LogP contribution is 2.25. The maximum absolute atomic E-state index is 12.2. The van der Waals surface area contributed by atoms with Crippen LogP contribution in [0.5, 0.6) is 0 Å². The summed E-state index contributed by atoms with van der Waals surface area (Å²) >= 11 is 5.70. The maximum atomic E-state index is 12.2. The molecule has 0 saturated heterocycles. The molecule has 0 saturated carbocycles. The molecule has 1 heterocycles. The third-order valence-electron chi connectivity index (χ3n) is 2.97. The van der Waals surface area contributed by atoms with Gasteiger partial charge in [0.2, 0.25) is 0 Å². The highest BCUT2D eigenvalue weighted by atomic mass is 35.5. The Hall–Kier alpha value is -2.94. The number of nitro benzene ring substituents is 1. The first kappa shape index (κ1) is 16.4. The van der Waals surface area contributed by atoms with E-state index in [0.29, 0.717) is 6.54 Å². The lowest BCUT2D eigenvalue weighted by Gasteiger charge is -2.04. The van der Waals surface area contributed by atoms with E-state index in [1.54, 1.807) is 6.92 Å². The smallest absolute Gasteiger partial charge is 0.288 e. The Labute approximate surface area is 135 Å². The number of nitro groups is 1. The van der Waals surface area contributed by atoms with Crippen molar-refractivity contribution in [2.75, 3.05) is 5.32 Å². The zero-order valence-corrected chi connectivity index (χ0v) is 12.7. The molecule has 10 heteroatoms. The second kappa shape index (κ2) is 6.44. The minimum atomic E-state index is -0.797. The van der Waals surface area contributed by atoms with Crippen molar-refractivity contribution in [3.63, 3.8) is 0 Å². The maximum Gasteiger partial charge on any atom is 0.288 e. The number of aryl methyl sites for hydroxylation is 1. The van der Waals surface area contributed by atoms with Crippen LogP contribution in [-0.2, 0) is 6.54 Å². The van der Waals surface area contributed by atoms with Crippen LogP contribution in [0, 0.1) is 10.1 Å². The summed E-state index contributed by atoms with van der Waals surface area (Å²) < 4.78 is 1.43. The largest absolute Gasteiger partial charge is 0.364 e. The van der Waals surface area contributed by atoms with Crippen molar-refractivity contribution in [1.29, 1.82) is 0 Å². The molecule has 0 aliphatic carbocycles. The van der Waals surface area contributed by atoms with E-state index in [1.165, 1.54) is 23.0 Å².